The van der Waals surface area contributed by atoms with E-state index in [4.69, 9.17) is 0 Å². The molecule has 6 heteroatoms. The summed E-state index contributed by atoms with van der Waals surface area (Å²) in [4.78, 5) is 40.4. The molecule has 1 saturated heterocycles. The van der Waals surface area contributed by atoms with Crippen LogP contribution in [0.3, 0.4) is 0 Å². The van der Waals surface area contributed by atoms with Crippen LogP contribution in [0.4, 0.5) is 0 Å². The standard InChI is InChI=1S/C25H37N3O3/c1-17-10-5-6-12-19(17)23(30)27-21-14-8-7-13-20(21)26-22(29)18-11-9-15-28(16-18)24(31)25(2,3)4/h5-6,10,12,18,20-21H,7-9,11,13-16H2,1-4H3,(H,26,29)(H,27,30)/t18?,20-,21-/m1/s1. The minimum absolute atomic E-state index is 0.00782. The van der Waals surface area contributed by atoms with Crippen LogP contribution in [0.25, 0.3) is 0 Å². The highest BCUT2D eigenvalue weighted by Crippen LogP contribution is 2.25. The number of rotatable bonds is 4. The Morgan fingerprint density at radius 3 is 2.23 bits per heavy atom. The summed E-state index contributed by atoms with van der Waals surface area (Å²) in [6.07, 6.45) is 5.46. The van der Waals surface area contributed by atoms with Crippen LogP contribution >= 0.6 is 0 Å². The van der Waals surface area contributed by atoms with Gasteiger partial charge >= 0.3 is 0 Å². The molecule has 170 valence electrons. The van der Waals surface area contributed by atoms with E-state index in [0.29, 0.717) is 12.1 Å². The van der Waals surface area contributed by atoms with Gasteiger partial charge in [-0.05, 0) is 44.2 Å². The largest absolute Gasteiger partial charge is 0.351 e. The number of hydrogen-bond donors (Lipinski definition) is 2. The number of nitrogens with one attached hydrogen (secondary N) is 2. The third-order valence-electron chi connectivity index (χ3n) is 6.52. The number of benzene rings is 1. The maximum Gasteiger partial charge on any atom is 0.251 e. The number of aryl methyl sites for hydroxylation is 1. The highest BCUT2D eigenvalue weighted by Gasteiger charge is 2.35. The molecular weight excluding hydrogens is 390 g/mol. The van der Waals surface area contributed by atoms with Gasteiger partial charge in [-0.1, -0.05) is 51.8 Å². The molecule has 1 heterocycles. The van der Waals surface area contributed by atoms with Gasteiger partial charge in [-0.3, -0.25) is 14.4 Å². The first-order valence-corrected chi connectivity index (χ1v) is 11.6. The van der Waals surface area contributed by atoms with E-state index in [1.54, 1.807) is 0 Å². The first-order chi connectivity index (χ1) is 14.7. The van der Waals surface area contributed by atoms with Crippen molar-refractivity contribution in [2.45, 2.75) is 78.3 Å². The summed E-state index contributed by atoms with van der Waals surface area (Å²) < 4.78 is 0. The highest BCUT2D eigenvalue weighted by molar-refractivity contribution is 5.95. The summed E-state index contributed by atoms with van der Waals surface area (Å²) in [5.74, 6) is -0.155. The third-order valence-corrected chi connectivity index (χ3v) is 6.52. The summed E-state index contributed by atoms with van der Waals surface area (Å²) >= 11 is 0. The molecule has 1 aromatic carbocycles. The van der Waals surface area contributed by atoms with Gasteiger partial charge in [0.15, 0.2) is 0 Å². The van der Waals surface area contributed by atoms with Gasteiger partial charge in [0.05, 0.1) is 5.92 Å². The van der Waals surface area contributed by atoms with E-state index in [0.717, 1.165) is 50.6 Å². The zero-order valence-electron chi connectivity index (χ0n) is 19.4. The van der Waals surface area contributed by atoms with Crippen LogP contribution in [0.15, 0.2) is 24.3 Å². The van der Waals surface area contributed by atoms with Crippen molar-refractivity contribution >= 4 is 17.7 Å². The Kier molecular flexibility index (Phi) is 7.39. The fraction of sp³-hybridized carbons (Fsp3) is 0.640. The average Bonchev–Trinajstić information content (AvgIpc) is 2.74. The van der Waals surface area contributed by atoms with Crippen molar-refractivity contribution < 1.29 is 14.4 Å². The van der Waals surface area contributed by atoms with Crippen LogP contribution in [-0.2, 0) is 9.59 Å². The monoisotopic (exact) mass is 427 g/mol. The number of nitrogens with zero attached hydrogens (tertiary/aromatic N) is 1. The van der Waals surface area contributed by atoms with E-state index >= 15 is 0 Å². The predicted octanol–water partition coefficient (Wildman–Crippen LogP) is 3.44. The van der Waals surface area contributed by atoms with Gasteiger partial charge in [0.25, 0.3) is 5.91 Å². The lowest BCUT2D eigenvalue weighted by Crippen LogP contribution is -2.56. The van der Waals surface area contributed by atoms with Crippen molar-refractivity contribution in [1.82, 2.24) is 15.5 Å². The number of piperidine rings is 1. The smallest absolute Gasteiger partial charge is 0.251 e. The van der Waals surface area contributed by atoms with E-state index in [1.165, 1.54) is 0 Å². The molecule has 0 spiro atoms. The number of carbonyl (C=O) groups excluding carboxylic acids is 3. The lowest BCUT2D eigenvalue weighted by Gasteiger charge is -2.38. The maximum absolute atomic E-state index is 13.1. The van der Waals surface area contributed by atoms with Gasteiger partial charge in [-0.2, -0.15) is 0 Å². The topological polar surface area (TPSA) is 78.5 Å². The molecular formula is C25H37N3O3. The molecule has 31 heavy (non-hydrogen) atoms. The van der Waals surface area contributed by atoms with Crippen molar-refractivity contribution in [2.24, 2.45) is 11.3 Å². The van der Waals surface area contributed by atoms with E-state index in [1.807, 2.05) is 56.9 Å². The summed E-state index contributed by atoms with van der Waals surface area (Å²) in [5, 5.41) is 6.38. The highest BCUT2D eigenvalue weighted by atomic mass is 16.2. The maximum atomic E-state index is 13.1. The number of likely N-dealkylation sites (tertiary alicyclic amines) is 1. The zero-order chi connectivity index (χ0) is 22.6. The molecule has 1 unspecified atom stereocenters. The van der Waals surface area contributed by atoms with Crippen molar-refractivity contribution in [1.29, 1.82) is 0 Å². The van der Waals surface area contributed by atoms with Crippen LogP contribution in [0.5, 0.6) is 0 Å². The van der Waals surface area contributed by atoms with Crippen LogP contribution in [0, 0.1) is 18.3 Å². The Morgan fingerprint density at radius 2 is 1.58 bits per heavy atom. The Bertz CT molecular complexity index is 814. The van der Waals surface area contributed by atoms with Crippen molar-refractivity contribution in [3.05, 3.63) is 35.4 Å². The van der Waals surface area contributed by atoms with Crippen LogP contribution in [0.1, 0.15) is 75.2 Å². The second-order valence-electron chi connectivity index (χ2n) is 10.1. The molecule has 1 aliphatic carbocycles. The van der Waals surface area contributed by atoms with Gasteiger partial charge in [-0.25, -0.2) is 0 Å². The SMILES string of the molecule is Cc1ccccc1C(=O)N[C@@H]1CCCC[C@H]1NC(=O)C1CCCN(C(=O)C(C)(C)C)C1. The lowest BCUT2D eigenvalue weighted by molar-refractivity contribution is -0.143. The lowest BCUT2D eigenvalue weighted by atomic mass is 9.88. The molecule has 1 saturated carbocycles. The normalized spacial score (nSPS) is 24.4. The number of carbonyl (C=O) groups is 3. The van der Waals surface area contributed by atoms with E-state index < -0.39 is 5.41 Å². The molecule has 6 nitrogen and oxygen atoms in total. The van der Waals surface area contributed by atoms with Crippen LogP contribution in [-0.4, -0.2) is 47.8 Å². The summed E-state index contributed by atoms with van der Waals surface area (Å²) in [6, 6.07) is 7.43. The van der Waals surface area contributed by atoms with Gasteiger partial charge in [0.1, 0.15) is 0 Å². The Labute approximate surface area is 186 Å². The first-order valence-electron chi connectivity index (χ1n) is 11.6. The minimum Gasteiger partial charge on any atom is -0.351 e. The summed E-state index contributed by atoms with van der Waals surface area (Å²) in [7, 11) is 0. The zero-order valence-corrected chi connectivity index (χ0v) is 19.4. The quantitative estimate of drug-likeness (QED) is 0.773. The van der Waals surface area contributed by atoms with E-state index in [2.05, 4.69) is 10.6 Å². The molecule has 1 aromatic rings. The van der Waals surface area contributed by atoms with E-state index in [9.17, 15) is 14.4 Å². The van der Waals surface area contributed by atoms with Gasteiger partial charge < -0.3 is 15.5 Å². The molecule has 0 bridgehead atoms. The average molecular weight is 428 g/mol. The van der Waals surface area contributed by atoms with Gasteiger partial charge in [0.2, 0.25) is 11.8 Å². The molecule has 3 rings (SSSR count). The number of amides is 3. The third kappa shape index (κ3) is 5.86. The molecule has 1 aliphatic heterocycles. The van der Waals surface area contributed by atoms with Gasteiger partial charge in [-0.15, -0.1) is 0 Å². The molecule has 0 radical (unpaired) electrons. The van der Waals surface area contributed by atoms with Crippen molar-refractivity contribution in [3.63, 3.8) is 0 Å². The predicted molar refractivity (Wildman–Crippen MR) is 122 cm³/mol. The second kappa shape index (κ2) is 9.84. The summed E-state index contributed by atoms with van der Waals surface area (Å²) in [6.45, 7) is 8.89. The molecule has 3 atom stereocenters. The molecule has 0 aromatic heterocycles. The molecule has 2 N–H and O–H groups in total. The fourth-order valence-corrected chi connectivity index (χ4v) is 4.70. The summed E-state index contributed by atoms with van der Waals surface area (Å²) in [5.41, 5.74) is 1.19. The molecule has 2 fully saturated rings. The van der Waals surface area contributed by atoms with Crippen LogP contribution < -0.4 is 10.6 Å². The minimum atomic E-state index is -0.438. The second-order valence-corrected chi connectivity index (χ2v) is 10.1. The molecule has 2 aliphatic rings. The van der Waals surface area contributed by atoms with Gasteiger partial charge in [0, 0.05) is 36.2 Å². The van der Waals surface area contributed by atoms with Crippen molar-refractivity contribution in [2.75, 3.05) is 13.1 Å². The Hall–Kier alpha value is -2.37. The fourth-order valence-electron chi connectivity index (χ4n) is 4.70. The Morgan fingerprint density at radius 1 is 0.935 bits per heavy atom. The molecule has 3 amide bonds. The Balaban J connectivity index is 1.61. The number of hydrogen-bond acceptors (Lipinski definition) is 3. The van der Waals surface area contributed by atoms with E-state index in [-0.39, 0.29) is 35.7 Å². The first kappa shape index (κ1) is 23.3. The van der Waals surface area contributed by atoms with Crippen molar-refractivity contribution in [3.8, 4) is 0 Å². The van der Waals surface area contributed by atoms with Crippen LogP contribution in [0.2, 0.25) is 0 Å².